The van der Waals surface area contributed by atoms with Crippen LogP contribution in [0.25, 0.3) is 0 Å². The van der Waals surface area contributed by atoms with E-state index in [2.05, 4.69) is 26.2 Å². The van der Waals surface area contributed by atoms with E-state index in [4.69, 9.17) is 5.11 Å². The van der Waals surface area contributed by atoms with Crippen LogP contribution in [0.3, 0.4) is 0 Å². The number of hydrogen-bond donors (Lipinski definition) is 2. The number of benzene rings is 1. The summed E-state index contributed by atoms with van der Waals surface area (Å²) in [5.74, 6) is -2.31. The van der Waals surface area contributed by atoms with Crippen LogP contribution in [0.2, 0.25) is 0 Å². The lowest BCUT2D eigenvalue weighted by Gasteiger charge is -2.07. The second-order valence-electron chi connectivity index (χ2n) is 4.14. The van der Waals surface area contributed by atoms with Gasteiger partial charge in [-0.3, -0.25) is 4.79 Å². The van der Waals surface area contributed by atoms with Crippen molar-refractivity contribution in [3.8, 4) is 0 Å². The van der Waals surface area contributed by atoms with Gasteiger partial charge in [0.25, 0.3) is 5.91 Å². The van der Waals surface area contributed by atoms with Gasteiger partial charge in [-0.15, -0.1) is 0 Å². The van der Waals surface area contributed by atoms with E-state index >= 15 is 0 Å². The Balaban J connectivity index is 2.04. The standard InChI is InChI=1S/C14H10BrFN2O3/c15-10-3-1-2-9(12(10)16)13(19)18-7-8-4-5-11(14(20)21)17-6-8/h1-6H,7H2,(H,18,19)(H,20,21). The van der Waals surface area contributed by atoms with Crippen molar-refractivity contribution in [2.24, 2.45) is 0 Å². The Kier molecular flexibility index (Phi) is 4.64. The molecule has 0 saturated carbocycles. The summed E-state index contributed by atoms with van der Waals surface area (Å²) in [6.07, 6.45) is 1.35. The summed E-state index contributed by atoms with van der Waals surface area (Å²) < 4.78 is 13.9. The molecule has 0 saturated heterocycles. The summed E-state index contributed by atoms with van der Waals surface area (Å²) >= 11 is 3.01. The Bertz CT molecular complexity index is 689. The zero-order chi connectivity index (χ0) is 15.4. The fraction of sp³-hybridized carbons (Fsp3) is 0.0714. The molecule has 7 heteroatoms. The van der Waals surface area contributed by atoms with Crippen LogP contribution in [-0.4, -0.2) is 22.0 Å². The average Bonchev–Trinajstić information content (AvgIpc) is 2.48. The molecule has 1 amide bonds. The Hall–Kier alpha value is -2.28. The SMILES string of the molecule is O=C(O)c1ccc(CNC(=O)c2cccc(Br)c2F)cn1. The van der Waals surface area contributed by atoms with Crippen molar-refractivity contribution in [1.29, 1.82) is 0 Å². The van der Waals surface area contributed by atoms with Gasteiger partial charge in [0.1, 0.15) is 11.5 Å². The van der Waals surface area contributed by atoms with Crippen molar-refractivity contribution in [2.45, 2.75) is 6.54 Å². The van der Waals surface area contributed by atoms with Crippen LogP contribution in [-0.2, 0) is 6.54 Å². The van der Waals surface area contributed by atoms with E-state index in [9.17, 15) is 14.0 Å². The van der Waals surface area contributed by atoms with Gasteiger partial charge in [-0.05, 0) is 39.7 Å². The lowest BCUT2D eigenvalue weighted by Crippen LogP contribution is -2.24. The number of halogens is 2. The molecule has 1 aromatic heterocycles. The van der Waals surface area contributed by atoms with E-state index in [1.54, 1.807) is 6.07 Å². The topological polar surface area (TPSA) is 79.3 Å². The molecule has 0 fully saturated rings. The number of carboxylic acids is 1. The lowest BCUT2D eigenvalue weighted by atomic mass is 10.2. The van der Waals surface area contributed by atoms with Crippen molar-refractivity contribution in [2.75, 3.05) is 0 Å². The molecule has 1 aromatic carbocycles. The molecule has 0 bridgehead atoms. The van der Waals surface area contributed by atoms with E-state index in [0.717, 1.165) is 0 Å². The summed E-state index contributed by atoms with van der Waals surface area (Å²) in [6.45, 7) is 0.123. The molecule has 2 rings (SSSR count). The molecule has 5 nitrogen and oxygen atoms in total. The van der Waals surface area contributed by atoms with Crippen molar-refractivity contribution >= 4 is 27.8 Å². The molecule has 21 heavy (non-hydrogen) atoms. The molecular formula is C14H10BrFN2O3. The number of carboxylic acid groups (broad SMARTS) is 1. The number of pyridine rings is 1. The zero-order valence-electron chi connectivity index (χ0n) is 10.6. The first-order valence-electron chi connectivity index (χ1n) is 5.89. The van der Waals surface area contributed by atoms with Crippen LogP contribution in [0.5, 0.6) is 0 Å². The van der Waals surface area contributed by atoms with Gasteiger partial charge in [0, 0.05) is 12.7 Å². The van der Waals surface area contributed by atoms with Crippen LogP contribution in [0.4, 0.5) is 4.39 Å². The fourth-order valence-corrected chi connectivity index (χ4v) is 1.98. The summed E-state index contributed by atoms with van der Waals surface area (Å²) in [5.41, 5.74) is 0.464. The Morgan fingerprint density at radius 1 is 1.29 bits per heavy atom. The zero-order valence-corrected chi connectivity index (χ0v) is 12.2. The van der Waals surface area contributed by atoms with Gasteiger partial charge in [-0.1, -0.05) is 12.1 Å². The fourth-order valence-electron chi connectivity index (χ4n) is 1.61. The monoisotopic (exact) mass is 352 g/mol. The van der Waals surface area contributed by atoms with Crippen molar-refractivity contribution in [3.05, 3.63) is 63.6 Å². The maximum absolute atomic E-state index is 13.7. The van der Waals surface area contributed by atoms with Gasteiger partial charge in [0.2, 0.25) is 0 Å². The minimum Gasteiger partial charge on any atom is -0.477 e. The first-order valence-corrected chi connectivity index (χ1v) is 6.69. The third-order valence-electron chi connectivity index (χ3n) is 2.69. The highest BCUT2D eigenvalue weighted by Gasteiger charge is 2.13. The first-order chi connectivity index (χ1) is 9.99. The molecule has 0 aliphatic carbocycles. The van der Waals surface area contributed by atoms with Gasteiger partial charge in [0.05, 0.1) is 10.0 Å². The smallest absolute Gasteiger partial charge is 0.354 e. The van der Waals surface area contributed by atoms with E-state index in [1.165, 1.54) is 30.5 Å². The molecule has 2 N–H and O–H groups in total. The molecule has 2 aromatic rings. The summed E-state index contributed by atoms with van der Waals surface area (Å²) in [7, 11) is 0. The molecular weight excluding hydrogens is 343 g/mol. The predicted octanol–water partition coefficient (Wildman–Crippen LogP) is 2.61. The van der Waals surface area contributed by atoms with Gasteiger partial charge in [0.15, 0.2) is 0 Å². The molecule has 0 spiro atoms. The molecule has 0 unspecified atom stereocenters. The number of hydrogen-bond acceptors (Lipinski definition) is 3. The number of amides is 1. The minimum absolute atomic E-state index is 0.0699. The van der Waals surface area contributed by atoms with E-state index in [1.807, 2.05) is 0 Å². The highest BCUT2D eigenvalue weighted by molar-refractivity contribution is 9.10. The largest absolute Gasteiger partial charge is 0.477 e. The maximum atomic E-state index is 13.7. The average molecular weight is 353 g/mol. The first kappa shape index (κ1) is 15.1. The lowest BCUT2D eigenvalue weighted by molar-refractivity contribution is 0.0690. The predicted molar refractivity (Wildman–Crippen MR) is 76.5 cm³/mol. The highest BCUT2D eigenvalue weighted by Crippen LogP contribution is 2.18. The van der Waals surface area contributed by atoms with Crippen molar-refractivity contribution in [3.63, 3.8) is 0 Å². The van der Waals surface area contributed by atoms with Gasteiger partial charge >= 0.3 is 5.97 Å². The van der Waals surface area contributed by atoms with Gasteiger partial charge in [-0.25, -0.2) is 14.2 Å². The highest BCUT2D eigenvalue weighted by atomic mass is 79.9. The number of carbonyl (C=O) groups is 2. The quantitative estimate of drug-likeness (QED) is 0.886. The molecule has 108 valence electrons. The number of carbonyl (C=O) groups excluding carboxylic acids is 1. The van der Waals surface area contributed by atoms with Crippen LogP contribution in [0.1, 0.15) is 26.4 Å². The Morgan fingerprint density at radius 3 is 2.67 bits per heavy atom. The molecule has 0 radical (unpaired) electrons. The van der Waals surface area contributed by atoms with Crippen LogP contribution >= 0.6 is 15.9 Å². The van der Waals surface area contributed by atoms with E-state index in [-0.39, 0.29) is 22.3 Å². The Labute approximate surface area is 128 Å². The summed E-state index contributed by atoms with van der Waals surface area (Å²) in [6, 6.07) is 7.31. The third kappa shape index (κ3) is 3.63. The minimum atomic E-state index is -1.12. The molecule has 0 atom stereocenters. The van der Waals surface area contributed by atoms with E-state index in [0.29, 0.717) is 5.56 Å². The van der Waals surface area contributed by atoms with E-state index < -0.39 is 17.7 Å². The maximum Gasteiger partial charge on any atom is 0.354 e. The molecule has 1 heterocycles. The number of nitrogens with zero attached hydrogens (tertiary/aromatic N) is 1. The number of rotatable bonds is 4. The van der Waals surface area contributed by atoms with Crippen molar-refractivity contribution < 1.29 is 19.1 Å². The normalized spacial score (nSPS) is 10.2. The number of aromatic nitrogens is 1. The second kappa shape index (κ2) is 6.45. The third-order valence-corrected chi connectivity index (χ3v) is 3.31. The summed E-state index contributed by atoms with van der Waals surface area (Å²) in [5, 5.41) is 11.3. The second-order valence-corrected chi connectivity index (χ2v) is 5.00. The van der Waals surface area contributed by atoms with Gasteiger partial charge < -0.3 is 10.4 Å². The van der Waals surface area contributed by atoms with Crippen LogP contribution in [0.15, 0.2) is 41.0 Å². The molecule has 0 aliphatic rings. The van der Waals surface area contributed by atoms with Gasteiger partial charge in [-0.2, -0.15) is 0 Å². The van der Waals surface area contributed by atoms with Crippen LogP contribution in [0, 0.1) is 5.82 Å². The Morgan fingerprint density at radius 2 is 2.05 bits per heavy atom. The molecule has 0 aliphatic heterocycles. The number of nitrogens with one attached hydrogen (secondary N) is 1. The summed E-state index contributed by atoms with van der Waals surface area (Å²) in [4.78, 5) is 26.3. The number of aromatic carboxylic acids is 1. The van der Waals surface area contributed by atoms with Crippen molar-refractivity contribution in [1.82, 2.24) is 10.3 Å². The van der Waals surface area contributed by atoms with Crippen LogP contribution < -0.4 is 5.32 Å².